The Morgan fingerprint density at radius 1 is 1.18 bits per heavy atom. The highest BCUT2D eigenvalue weighted by Crippen LogP contribution is 2.29. The maximum absolute atomic E-state index is 13.4. The van der Waals surface area contributed by atoms with E-state index in [1.165, 1.54) is 0 Å². The van der Waals surface area contributed by atoms with Gasteiger partial charge in [-0.2, -0.15) is 10.2 Å². The van der Waals surface area contributed by atoms with Crippen molar-refractivity contribution in [2.45, 2.75) is 39.9 Å². The van der Waals surface area contributed by atoms with E-state index in [1.807, 2.05) is 55.7 Å². The van der Waals surface area contributed by atoms with E-state index >= 15 is 0 Å². The minimum Gasteiger partial charge on any atom is -0.341 e. The number of nitrogens with one attached hydrogen (secondary N) is 1. The molecule has 0 aliphatic carbocycles. The van der Waals surface area contributed by atoms with Gasteiger partial charge >= 0.3 is 0 Å². The van der Waals surface area contributed by atoms with Gasteiger partial charge in [-0.1, -0.05) is 0 Å². The third-order valence-electron chi connectivity index (χ3n) is 5.95. The van der Waals surface area contributed by atoms with Crippen molar-refractivity contribution >= 4 is 17.7 Å². The maximum Gasteiger partial charge on any atom is 0.271 e. The molecule has 0 bridgehead atoms. The summed E-state index contributed by atoms with van der Waals surface area (Å²) < 4.78 is 5.46. The molecule has 11 nitrogen and oxygen atoms in total. The molecule has 33 heavy (non-hydrogen) atoms. The van der Waals surface area contributed by atoms with Crippen molar-refractivity contribution in [1.29, 1.82) is 0 Å². The van der Waals surface area contributed by atoms with E-state index in [2.05, 4.69) is 32.4 Å². The lowest BCUT2D eigenvalue weighted by Crippen LogP contribution is -2.46. The molecule has 5 rings (SSSR count). The summed E-state index contributed by atoms with van der Waals surface area (Å²) in [5, 5.41) is 11.6. The van der Waals surface area contributed by atoms with Crippen LogP contribution < -0.4 is 5.32 Å². The molecule has 0 saturated heterocycles. The Morgan fingerprint density at radius 3 is 2.70 bits per heavy atom. The van der Waals surface area contributed by atoms with E-state index in [-0.39, 0.29) is 11.9 Å². The number of carbonyl (C=O) groups excluding carboxylic acids is 1. The minimum absolute atomic E-state index is 0.0239. The smallest absolute Gasteiger partial charge is 0.271 e. The van der Waals surface area contributed by atoms with Gasteiger partial charge in [-0.25, -0.2) is 15.0 Å². The first-order valence-electron chi connectivity index (χ1n) is 10.8. The predicted octanol–water partition coefficient (Wildman–Crippen LogP) is 2.21. The van der Waals surface area contributed by atoms with E-state index in [0.717, 1.165) is 28.5 Å². The summed E-state index contributed by atoms with van der Waals surface area (Å²) >= 11 is 0. The molecule has 1 N–H and O–H groups in total. The van der Waals surface area contributed by atoms with Crippen LogP contribution in [0.4, 0.5) is 11.8 Å². The molecule has 1 aliphatic heterocycles. The van der Waals surface area contributed by atoms with Crippen molar-refractivity contribution < 1.29 is 4.79 Å². The second kappa shape index (κ2) is 7.84. The highest BCUT2D eigenvalue weighted by atomic mass is 16.2. The Morgan fingerprint density at radius 2 is 2.00 bits per heavy atom. The van der Waals surface area contributed by atoms with E-state index in [9.17, 15) is 4.79 Å². The van der Waals surface area contributed by atoms with Crippen LogP contribution in [-0.2, 0) is 27.2 Å². The summed E-state index contributed by atoms with van der Waals surface area (Å²) in [6.45, 7) is 6.98. The topological polar surface area (TPSA) is 112 Å². The Labute approximate surface area is 191 Å². The van der Waals surface area contributed by atoms with Crippen LogP contribution in [0.2, 0.25) is 0 Å². The average Bonchev–Trinajstić information content (AvgIpc) is 3.45. The van der Waals surface area contributed by atoms with Crippen molar-refractivity contribution in [2.24, 2.45) is 14.1 Å². The normalized spacial score (nSPS) is 15.7. The lowest BCUT2D eigenvalue weighted by atomic mass is 10.1. The molecule has 0 saturated carbocycles. The molecule has 4 aromatic heterocycles. The Balaban J connectivity index is 1.45. The fraction of sp³-hybridized carbons (Fsp3) is 0.364. The highest BCUT2D eigenvalue weighted by molar-refractivity contribution is 5.95. The number of anilines is 2. The molecule has 1 amide bonds. The quantitative estimate of drug-likeness (QED) is 0.500. The van der Waals surface area contributed by atoms with E-state index < -0.39 is 0 Å². The zero-order valence-electron chi connectivity index (χ0n) is 19.3. The highest BCUT2D eigenvalue weighted by Gasteiger charge is 2.32. The third kappa shape index (κ3) is 3.75. The molecule has 170 valence electrons. The summed E-state index contributed by atoms with van der Waals surface area (Å²) in [6.07, 6.45) is 5.49. The van der Waals surface area contributed by atoms with Crippen LogP contribution in [0.25, 0.3) is 11.3 Å². The molecular formula is C22H26N10O. The summed E-state index contributed by atoms with van der Waals surface area (Å²) in [5.41, 5.74) is 3.24. The van der Waals surface area contributed by atoms with Gasteiger partial charge in [0.05, 0.1) is 18.4 Å². The van der Waals surface area contributed by atoms with Gasteiger partial charge in [0.15, 0.2) is 0 Å². The van der Waals surface area contributed by atoms with Crippen LogP contribution in [0.3, 0.4) is 0 Å². The number of rotatable bonds is 5. The molecule has 1 aliphatic rings. The summed E-state index contributed by atoms with van der Waals surface area (Å²) in [7, 11) is 3.70. The number of amides is 1. The second-order valence-corrected chi connectivity index (χ2v) is 8.44. The average molecular weight is 447 g/mol. The predicted molar refractivity (Wildman–Crippen MR) is 122 cm³/mol. The number of carbonyl (C=O) groups is 1. The van der Waals surface area contributed by atoms with Crippen LogP contribution in [0.15, 0.2) is 30.7 Å². The standard InChI is InChI=1S/C22H26N10O/c1-13-9-23-22(26-18-6-7-24-29(18)4)27-20(13)16-8-17-21(33)32(14(2)10-31(17)11-16)12-19-25-15(3)28-30(19)5/h6-9,11,14H,10,12H2,1-5H3,(H,23,26,27)/t14-/m1/s1. The molecule has 1 atom stereocenters. The van der Waals surface area contributed by atoms with Crippen LogP contribution in [0.5, 0.6) is 0 Å². The van der Waals surface area contributed by atoms with Gasteiger partial charge < -0.3 is 14.8 Å². The van der Waals surface area contributed by atoms with Gasteiger partial charge in [0.25, 0.3) is 5.91 Å². The van der Waals surface area contributed by atoms with E-state index in [1.54, 1.807) is 21.8 Å². The maximum atomic E-state index is 13.4. The van der Waals surface area contributed by atoms with Gasteiger partial charge in [-0.05, 0) is 32.4 Å². The number of nitrogens with zero attached hydrogens (tertiary/aromatic N) is 9. The minimum atomic E-state index is -0.0272. The molecule has 5 heterocycles. The second-order valence-electron chi connectivity index (χ2n) is 8.44. The van der Waals surface area contributed by atoms with Gasteiger partial charge in [0, 0.05) is 50.7 Å². The number of hydrogen-bond donors (Lipinski definition) is 1. The number of fused-ring (bicyclic) bond motifs is 1. The Hall–Kier alpha value is -4.02. The summed E-state index contributed by atoms with van der Waals surface area (Å²) in [6, 6.07) is 3.79. The molecule has 0 radical (unpaired) electrons. The Kier molecular flexibility index (Phi) is 4.95. The van der Waals surface area contributed by atoms with Gasteiger partial charge in [-0.15, -0.1) is 0 Å². The molecule has 0 unspecified atom stereocenters. The number of aromatic nitrogens is 8. The van der Waals surface area contributed by atoms with Crippen LogP contribution in [0, 0.1) is 13.8 Å². The van der Waals surface area contributed by atoms with Crippen LogP contribution in [-0.4, -0.2) is 55.9 Å². The van der Waals surface area contributed by atoms with E-state index in [4.69, 9.17) is 4.98 Å². The van der Waals surface area contributed by atoms with Gasteiger partial charge in [0.1, 0.15) is 23.2 Å². The van der Waals surface area contributed by atoms with Crippen molar-refractivity contribution in [1.82, 2.24) is 44.0 Å². The monoisotopic (exact) mass is 446 g/mol. The number of aryl methyl sites for hydroxylation is 4. The fourth-order valence-electron chi connectivity index (χ4n) is 4.18. The van der Waals surface area contributed by atoms with Crippen molar-refractivity contribution in [3.8, 4) is 11.3 Å². The van der Waals surface area contributed by atoms with Crippen LogP contribution >= 0.6 is 0 Å². The Bertz CT molecular complexity index is 1350. The number of hydrogen-bond acceptors (Lipinski definition) is 7. The SMILES string of the molecule is Cc1nc(CN2C(=O)c3cc(-c4nc(Nc5ccnn5C)ncc4C)cn3C[C@H]2C)n(C)n1. The molecule has 0 aromatic carbocycles. The summed E-state index contributed by atoms with van der Waals surface area (Å²) in [5.74, 6) is 2.71. The zero-order chi connectivity index (χ0) is 23.3. The first-order chi connectivity index (χ1) is 15.8. The first kappa shape index (κ1) is 20.9. The van der Waals surface area contributed by atoms with Crippen molar-refractivity contribution in [3.63, 3.8) is 0 Å². The molecular weight excluding hydrogens is 420 g/mol. The fourth-order valence-corrected chi connectivity index (χ4v) is 4.18. The van der Waals surface area contributed by atoms with Crippen molar-refractivity contribution in [2.75, 3.05) is 5.32 Å². The molecule has 11 heteroatoms. The molecule has 0 fully saturated rings. The largest absolute Gasteiger partial charge is 0.341 e. The summed E-state index contributed by atoms with van der Waals surface area (Å²) in [4.78, 5) is 28.8. The van der Waals surface area contributed by atoms with E-state index in [0.29, 0.717) is 30.6 Å². The molecule has 0 spiro atoms. The van der Waals surface area contributed by atoms with Gasteiger partial charge in [-0.3, -0.25) is 14.2 Å². The van der Waals surface area contributed by atoms with Gasteiger partial charge in [0.2, 0.25) is 5.95 Å². The lowest BCUT2D eigenvalue weighted by molar-refractivity contribution is 0.0587. The molecule has 4 aromatic rings. The first-order valence-corrected chi connectivity index (χ1v) is 10.8. The lowest BCUT2D eigenvalue weighted by Gasteiger charge is -2.34. The zero-order valence-corrected chi connectivity index (χ0v) is 19.3. The van der Waals surface area contributed by atoms with Crippen LogP contribution in [0.1, 0.15) is 34.6 Å². The van der Waals surface area contributed by atoms with Crippen molar-refractivity contribution in [3.05, 3.63) is 53.6 Å². The third-order valence-corrected chi connectivity index (χ3v) is 5.95.